The maximum absolute atomic E-state index is 12.9. The van der Waals surface area contributed by atoms with Gasteiger partial charge in [0.1, 0.15) is 17.4 Å². The first-order chi connectivity index (χ1) is 26.7. The van der Waals surface area contributed by atoms with Crippen molar-refractivity contribution in [3.63, 3.8) is 0 Å². The van der Waals surface area contributed by atoms with Crippen LogP contribution in [-0.2, 0) is 20.8 Å². The first kappa shape index (κ1) is 38.0. The van der Waals surface area contributed by atoms with E-state index in [1.54, 1.807) is 25.4 Å². The number of aromatic nitrogens is 1. The van der Waals surface area contributed by atoms with E-state index in [0.717, 1.165) is 69.2 Å². The van der Waals surface area contributed by atoms with Gasteiger partial charge in [-0.3, -0.25) is 19.3 Å². The lowest BCUT2D eigenvalue weighted by Gasteiger charge is -2.39. The maximum Gasteiger partial charge on any atom is 0.227 e. The number of allylic oxidation sites excluding steroid dienone is 1. The summed E-state index contributed by atoms with van der Waals surface area (Å²) in [6.45, 7) is 9.30. The second-order valence-corrected chi connectivity index (χ2v) is 15.3. The van der Waals surface area contributed by atoms with Gasteiger partial charge in [-0.15, -0.1) is 0 Å². The van der Waals surface area contributed by atoms with Gasteiger partial charge in [0.2, 0.25) is 5.91 Å². The SMILES string of the molecule is CC/C(=C(\c1ccc(O)cc1)c1ccc(N2CCC(CN3CCN(c4ccc(CC(=O)N(C)C5CCC(=O)CC5=O)cn4)CC3)CC2)cc1)c1ccccc1. The number of Topliss-reactive ketones (excluding diaryl/α,β-unsaturated/α-hetero) is 2. The van der Waals surface area contributed by atoms with Crippen LogP contribution in [-0.4, -0.2) is 96.3 Å². The number of rotatable bonds is 11. The van der Waals surface area contributed by atoms with Gasteiger partial charge in [0.05, 0.1) is 18.9 Å². The van der Waals surface area contributed by atoms with Gasteiger partial charge in [-0.25, -0.2) is 4.98 Å². The predicted octanol–water partition coefficient (Wildman–Crippen LogP) is 6.89. The molecule has 2 aliphatic heterocycles. The molecular formula is C46H53N5O4. The van der Waals surface area contributed by atoms with Gasteiger partial charge in [-0.05, 0) is 95.3 Å². The predicted molar refractivity (Wildman–Crippen MR) is 219 cm³/mol. The normalized spacial score (nSPS) is 19.0. The number of carbonyl (C=O) groups excluding carboxylic acids is 3. The molecule has 1 saturated carbocycles. The Bertz CT molecular complexity index is 1960. The van der Waals surface area contributed by atoms with Crippen molar-refractivity contribution in [1.29, 1.82) is 0 Å². The quantitative estimate of drug-likeness (QED) is 0.131. The van der Waals surface area contributed by atoms with E-state index in [9.17, 15) is 19.5 Å². The fraction of sp³-hybridized carbons (Fsp3) is 0.391. The molecule has 55 heavy (non-hydrogen) atoms. The van der Waals surface area contributed by atoms with Crippen LogP contribution in [0, 0.1) is 5.92 Å². The van der Waals surface area contributed by atoms with Gasteiger partial charge in [-0.2, -0.15) is 0 Å². The maximum atomic E-state index is 12.9. The molecule has 286 valence electrons. The number of hydrogen-bond acceptors (Lipinski definition) is 8. The van der Waals surface area contributed by atoms with E-state index in [1.165, 1.54) is 45.7 Å². The number of phenols is 1. The Morgan fingerprint density at radius 2 is 1.45 bits per heavy atom. The van der Waals surface area contributed by atoms with E-state index in [1.807, 2.05) is 24.3 Å². The van der Waals surface area contributed by atoms with Crippen LogP contribution in [0.1, 0.15) is 67.7 Å². The molecule has 0 bridgehead atoms. The number of carbonyl (C=O) groups is 3. The van der Waals surface area contributed by atoms with Crippen molar-refractivity contribution in [2.45, 2.75) is 57.9 Å². The zero-order chi connectivity index (χ0) is 38.3. The fourth-order valence-electron chi connectivity index (χ4n) is 8.50. The minimum Gasteiger partial charge on any atom is -0.508 e. The number of anilines is 2. The number of pyridine rings is 1. The Morgan fingerprint density at radius 3 is 2.07 bits per heavy atom. The molecule has 1 N–H and O–H groups in total. The van der Waals surface area contributed by atoms with Crippen molar-refractivity contribution in [3.8, 4) is 5.75 Å². The molecule has 2 saturated heterocycles. The summed E-state index contributed by atoms with van der Waals surface area (Å²) >= 11 is 0. The lowest BCUT2D eigenvalue weighted by atomic mass is 9.88. The lowest BCUT2D eigenvalue weighted by molar-refractivity contribution is -0.141. The zero-order valence-electron chi connectivity index (χ0n) is 32.2. The molecule has 7 rings (SSSR count). The number of piperidine rings is 1. The highest BCUT2D eigenvalue weighted by molar-refractivity contribution is 6.05. The van der Waals surface area contributed by atoms with E-state index in [2.05, 4.69) is 76.2 Å². The molecule has 4 aromatic rings. The number of piperazine rings is 1. The van der Waals surface area contributed by atoms with Crippen LogP contribution in [0.25, 0.3) is 11.1 Å². The smallest absolute Gasteiger partial charge is 0.227 e. The summed E-state index contributed by atoms with van der Waals surface area (Å²) in [5.41, 5.74) is 8.09. The van der Waals surface area contributed by atoms with Crippen molar-refractivity contribution in [3.05, 3.63) is 119 Å². The first-order valence-electron chi connectivity index (χ1n) is 19.9. The van der Waals surface area contributed by atoms with Crippen LogP contribution in [0.5, 0.6) is 5.75 Å². The van der Waals surface area contributed by atoms with Crippen LogP contribution in [0.15, 0.2) is 97.2 Å². The second-order valence-electron chi connectivity index (χ2n) is 15.3. The minimum absolute atomic E-state index is 0.0389. The molecule has 1 atom stereocenters. The highest BCUT2D eigenvalue weighted by Gasteiger charge is 2.32. The van der Waals surface area contributed by atoms with Gasteiger partial charge in [-0.1, -0.05) is 67.6 Å². The Balaban J connectivity index is 0.889. The van der Waals surface area contributed by atoms with Gasteiger partial charge < -0.3 is 19.8 Å². The van der Waals surface area contributed by atoms with Crippen molar-refractivity contribution in [2.24, 2.45) is 5.92 Å². The van der Waals surface area contributed by atoms with Crippen LogP contribution >= 0.6 is 0 Å². The summed E-state index contributed by atoms with van der Waals surface area (Å²) in [7, 11) is 1.66. The van der Waals surface area contributed by atoms with Crippen molar-refractivity contribution in [2.75, 3.05) is 62.7 Å². The average Bonchev–Trinajstić information content (AvgIpc) is 3.21. The standard InChI is InChI=1S/C46H53N5O4/c1-3-41(35-7-5-4-6-8-35)46(37-12-16-39(52)17-13-37)36-10-14-38(15-11-36)50-23-21-33(22-24-50)32-49-25-27-51(28-26-49)44-20-9-34(31-47-44)29-45(55)48(2)42-19-18-40(53)30-43(42)54/h4-17,20,31,33,42,52H,3,18-19,21-30,32H2,1-2H3/b46-41+. The Kier molecular flexibility index (Phi) is 12.1. The van der Waals surface area contributed by atoms with E-state index < -0.39 is 6.04 Å². The van der Waals surface area contributed by atoms with Gasteiger partial charge >= 0.3 is 0 Å². The molecule has 3 aliphatic rings. The number of benzene rings is 3. The molecule has 9 heteroatoms. The minimum atomic E-state index is -0.505. The zero-order valence-corrected chi connectivity index (χ0v) is 32.2. The van der Waals surface area contributed by atoms with E-state index in [-0.39, 0.29) is 36.1 Å². The van der Waals surface area contributed by atoms with Gasteiger partial charge in [0, 0.05) is 71.2 Å². The summed E-state index contributed by atoms with van der Waals surface area (Å²) in [6.07, 6.45) is 5.92. The summed E-state index contributed by atoms with van der Waals surface area (Å²) in [5.74, 6) is 1.56. The number of nitrogens with zero attached hydrogens (tertiary/aromatic N) is 5. The summed E-state index contributed by atoms with van der Waals surface area (Å²) in [5, 5.41) is 9.99. The van der Waals surface area contributed by atoms with Crippen molar-refractivity contribution >= 4 is 40.1 Å². The summed E-state index contributed by atoms with van der Waals surface area (Å²) in [6, 6.07) is 30.7. The number of likely N-dealkylation sites (N-methyl/N-ethyl adjacent to an activating group) is 1. The molecule has 9 nitrogen and oxygen atoms in total. The molecule has 3 heterocycles. The number of aromatic hydroxyl groups is 1. The molecule has 0 radical (unpaired) electrons. The molecule has 1 unspecified atom stereocenters. The molecule has 1 aliphatic carbocycles. The fourth-order valence-corrected chi connectivity index (χ4v) is 8.50. The number of ketones is 2. The monoisotopic (exact) mass is 739 g/mol. The van der Waals surface area contributed by atoms with E-state index in [4.69, 9.17) is 4.98 Å². The Hall–Kier alpha value is -5.28. The third kappa shape index (κ3) is 9.16. The molecule has 1 aromatic heterocycles. The van der Waals surface area contributed by atoms with Crippen LogP contribution in [0.2, 0.25) is 0 Å². The lowest BCUT2D eigenvalue weighted by Crippen LogP contribution is -2.49. The van der Waals surface area contributed by atoms with E-state index >= 15 is 0 Å². The highest BCUT2D eigenvalue weighted by atomic mass is 16.3. The summed E-state index contributed by atoms with van der Waals surface area (Å²) < 4.78 is 0. The topological polar surface area (TPSA) is 97.3 Å². The van der Waals surface area contributed by atoms with Crippen LogP contribution in [0.4, 0.5) is 11.5 Å². The third-order valence-corrected chi connectivity index (χ3v) is 11.7. The molecule has 3 aromatic carbocycles. The average molecular weight is 740 g/mol. The highest BCUT2D eigenvalue weighted by Crippen LogP contribution is 2.36. The second kappa shape index (κ2) is 17.5. The van der Waals surface area contributed by atoms with Crippen LogP contribution in [0.3, 0.4) is 0 Å². The van der Waals surface area contributed by atoms with Gasteiger partial charge in [0.25, 0.3) is 0 Å². The van der Waals surface area contributed by atoms with Crippen LogP contribution < -0.4 is 9.80 Å². The Morgan fingerprint density at radius 1 is 0.782 bits per heavy atom. The number of phenolic OH excluding ortho intramolecular Hbond substituents is 1. The van der Waals surface area contributed by atoms with Crippen molar-refractivity contribution < 1.29 is 19.5 Å². The molecule has 0 spiro atoms. The van der Waals surface area contributed by atoms with Gasteiger partial charge in [0.15, 0.2) is 5.78 Å². The Labute approximate surface area is 325 Å². The molecule has 3 fully saturated rings. The summed E-state index contributed by atoms with van der Waals surface area (Å²) in [4.78, 5) is 50.5. The van der Waals surface area contributed by atoms with E-state index in [0.29, 0.717) is 18.8 Å². The first-order valence-corrected chi connectivity index (χ1v) is 19.9. The van der Waals surface area contributed by atoms with Crippen molar-refractivity contribution in [1.82, 2.24) is 14.8 Å². The molecule has 1 amide bonds. The number of amides is 1. The number of hydrogen-bond donors (Lipinski definition) is 1. The third-order valence-electron chi connectivity index (χ3n) is 11.7. The largest absolute Gasteiger partial charge is 0.508 e. The molecular weight excluding hydrogens is 687 g/mol.